The quantitative estimate of drug-likeness (QED) is 0.663. The molecule has 0 heterocycles. The van der Waals surface area contributed by atoms with Crippen LogP contribution in [0.4, 0.5) is 0 Å². The third kappa shape index (κ3) is 4.58. The van der Waals surface area contributed by atoms with Crippen molar-refractivity contribution >= 4 is 17.2 Å². The SMILES string of the molecule is CC(C)N(CCC(N)=S)CC1CC1. The van der Waals surface area contributed by atoms with Gasteiger partial charge in [-0.05, 0) is 32.6 Å². The van der Waals surface area contributed by atoms with Crippen molar-refractivity contribution in [3.05, 3.63) is 0 Å². The van der Waals surface area contributed by atoms with Gasteiger partial charge in [-0.2, -0.15) is 0 Å². The fraction of sp³-hybridized carbons (Fsp3) is 0.900. The molecule has 2 N–H and O–H groups in total. The summed E-state index contributed by atoms with van der Waals surface area (Å²) in [4.78, 5) is 3.12. The molecule has 0 aromatic carbocycles. The van der Waals surface area contributed by atoms with Gasteiger partial charge in [0.15, 0.2) is 0 Å². The summed E-state index contributed by atoms with van der Waals surface area (Å²) in [5, 5.41) is 0. The van der Waals surface area contributed by atoms with Crippen molar-refractivity contribution in [3.63, 3.8) is 0 Å². The molecule has 1 rings (SSSR count). The number of hydrogen-bond donors (Lipinski definition) is 1. The summed E-state index contributed by atoms with van der Waals surface area (Å²) in [7, 11) is 0. The van der Waals surface area contributed by atoms with E-state index in [0.29, 0.717) is 11.0 Å². The average molecular weight is 200 g/mol. The molecule has 1 fully saturated rings. The summed E-state index contributed by atoms with van der Waals surface area (Å²) in [6.45, 7) is 6.74. The lowest BCUT2D eigenvalue weighted by Crippen LogP contribution is -2.35. The van der Waals surface area contributed by atoms with Crippen LogP contribution in [0.3, 0.4) is 0 Å². The zero-order chi connectivity index (χ0) is 9.84. The lowest BCUT2D eigenvalue weighted by atomic mass is 10.2. The molecular formula is C10H20N2S. The van der Waals surface area contributed by atoms with E-state index in [4.69, 9.17) is 18.0 Å². The van der Waals surface area contributed by atoms with Crippen molar-refractivity contribution in [2.24, 2.45) is 11.7 Å². The molecule has 0 aromatic rings. The van der Waals surface area contributed by atoms with Gasteiger partial charge in [0.25, 0.3) is 0 Å². The van der Waals surface area contributed by atoms with E-state index < -0.39 is 0 Å². The Morgan fingerprint density at radius 3 is 2.54 bits per heavy atom. The summed E-state index contributed by atoms with van der Waals surface area (Å²) >= 11 is 4.88. The van der Waals surface area contributed by atoms with E-state index in [0.717, 1.165) is 18.9 Å². The van der Waals surface area contributed by atoms with E-state index in [9.17, 15) is 0 Å². The van der Waals surface area contributed by atoms with E-state index in [1.54, 1.807) is 0 Å². The molecule has 0 amide bonds. The fourth-order valence-electron chi connectivity index (χ4n) is 1.45. The van der Waals surface area contributed by atoms with Gasteiger partial charge in [-0.1, -0.05) is 12.2 Å². The summed E-state index contributed by atoms with van der Waals surface area (Å²) in [6, 6.07) is 0.620. The Bertz CT molecular complexity index is 176. The topological polar surface area (TPSA) is 29.3 Å². The van der Waals surface area contributed by atoms with Crippen LogP contribution in [0.2, 0.25) is 0 Å². The largest absolute Gasteiger partial charge is 0.393 e. The number of nitrogens with two attached hydrogens (primary N) is 1. The first-order valence-electron chi connectivity index (χ1n) is 5.12. The van der Waals surface area contributed by atoms with Crippen molar-refractivity contribution in [2.45, 2.75) is 39.2 Å². The molecule has 76 valence electrons. The maximum absolute atomic E-state index is 5.49. The van der Waals surface area contributed by atoms with Crippen molar-refractivity contribution < 1.29 is 0 Å². The van der Waals surface area contributed by atoms with E-state index in [1.165, 1.54) is 19.4 Å². The van der Waals surface area contributed by atoms with Gasteiger partial charge >= 0.3 is 0 Å². The monoisotopic (exact) mass is 200 g/mol. The summed E-state index contributed by atoms with van der Waals surface area (Å²) < 4.78 is 0. The summed E-state index contributed by atoms with van der Waals surface area (Å²) in [5.41, 5.74) is 5.49. The minimum absolute atomic E-state index is 0.620. The molecule has 1 aliphatic carbocycles. The molecular weight excluding hydrogens is 180 g/mol. The van der Waals surface area contributed by atoms with Gasteiger partial charge in [0, 0.05) is 25.6 Å². The zero-order valence-corrected chi connectivity index (χ0v) is 9.44. The molecule has 0 radical (unpaired) electrons. The van der Waals surface area contributed by atoms with E-state index >= 15 is 0 Å². The minimum atomic E-state index is 0.620. The van der Waals surface area contributed by atoms with Crippen LogP contribution in [-0.4, -0.2) is 29.0 Å². The Morgan fingerprint density at radius 1 is 1.54 bits per heavy atom. The van der Waals surface area contributed by atoms with Crippen LogP contribution < -0.4 is 5.73 Å². The molecule has 0 bridgehead atoms. The highest BCUT2D eigenvalue weighted by atomic mass is 32.1. The summed E-state index contributed by atoms with van der Waals surface area (Å²) in [5.74, 6) is 0.953. The highest BCUT2D eigenvalue weighted by Gasteiger charge is 2.25. The maximum atomic E-state index is 5.49. The smallest absolute Gasteiger partial charge is 0.0740 e. The molecule has 0 unspecified atom stereocenters. The van der Waals surface area contributed by atoms with Crippen molar-refractivity contribution in [3.8, 4) is 0 Å². The normalized spacial score (nSPS) is 16.9. The summed E-state index contributed by atoms with van der Waals surface area (Å²) in [6.07, 6.45) is 3.69. The Labute approximate surface area is 86.5 Å². The third-order valence-electron chi connectivity index (χ3n) is 2.57. The molecule has 0 saturated heterocycles. The van der Waals surface area contributed by atoms with Gasteiger partial charge in [-0.25, -0.2) is 0 Å². The van der Waals surface area contributed by atoms with Crippen LogP contribution in [0.25, 0.3) is 0 Å². The number of nitrogens with zero attached hydrogens (tertiary/aromatic N) is 1. The van der Waals surface area contributed by atoms with Gasteiger partial charge in [-0.3, -0.25) is 0 Å². The standard InChI is InChI=1S/C10H20N2S/c1-8(2)12(6-5-10(11)13)7-9-3-4-9/h8-9H,3-7H2,1-2H3,(H2,11,13). The lowest BCUT2D eigenvalue weighted by molar-refractivity contribution is 0.219. The van der Waals surface area contributed by atoms with Crippen LogP contribution in [0, 0.1) is 5.92 Å². The maximum Gasteiger partial charge on any atom is 0.0740 e. The second-order valence-electron chi connectivity index (χ2n) is 4.25. The predicted molar refractivity (Wildman–Crippen MR) is 60.8 cm³/mol. The van der Waals surface area contributed by atoms with Gasteiger partial charge < -0.3 is 10.6 Å². The second kappa shape index (κ2) is 4.91. The van der Waals surface area contributed by atoms with Crippen LogP contribution in [0.5, 0.6) is 0 Å². The van der Waals surface area contributed by atoms with Crippen LogP contribution in [-0.2, 0) is 0 Å². The van der Waals surface area contributed by atoms with E-state index in [2.05, 4.69) is 18.7 Å². The molecule has 1 aliphatic rings. The molecule has 1 saturated carbocycles. The first kappa shape index (κ1) is 10.9. The molecule has 0 spiro atoms. The Kier molecular flexibility index (Phi) is 4.13. The molecule has 2 nitrogen and oxygen atoms in total. The number of hydrogen-bond acceptors (Lipinski definition) is 2. The van der Waals surface area contributed by atoms with Gasteiger partial charge in [0.05, 0.1) is 4.99 Å². The molecule has 0 aliphatic heterocycles. The highest BCUT2D eigenvalue weighted by Crippen LogP contribution is 2.30. The first-order valence-corrected chi connectivity index (χ1v) is 5.52. The fourth-order valence-corrected chi connectivity index (χ4v) is 1.54. The van der Waals surface area contributed by atoms with Crippen molar-refractivity contribution in [1.29, 1.82) is 0 Å². The van der Waals surface area contributed by atoms with Crippen molar-refractivity contribution in [2.75, 3.05) is 13.1 Å². The zero-order valence-electron chi connectivity index (χ0n) is 8.62. The predicted octanol–water partition coefficient (Wildman–Crippen LogP) is 1.78. The Balaban J connectivity index is 2.23. The van der Waals surface area contributed by atoms with Gasteiger partial charge in [0.1, 0.15) is 0 Å². The lowest BCUT2D eigenvalue weighted by Gasteiger charge is -2.26. The van der Waals surface area contributed by atoms with Crippen LogP contribution in [0.15, 0.2) is 0 Å². The van der Waals surface area contributed by atoms with E-state index in [-0.39, 0.29) is 0 Å². The Morgan fingerprint density at radius 2 is 2.15 bits per heavy atom. The molecule has 13 heavy (non-hydrogen) atoms. The van der Waals surface area contributed by atoms with Crippen LogP contribution in [0.1, 0.15) is 33.1 Å². The minimum Gasteiger partial charge on any atom is -0.393 e. The average Bonchev–Trinajstić information content (AvgIpc) is 2.80. The Hall–Kier alpha value is -0.150. The second-order valence-corrected chi connectivity index (χ2v) is 4.77. The number of rotatable bonds is 6. The van der Waals surface area contributed by atoms with Crippen LogP contribution >= 0.6 is 12.2 Å². The van der Waals surface area contributed by atoms with Crippen molar-refractivity contribution in [1.82, 2.24) is 4.90 Å². The molecule has 0 atom stereocenters. The van der Waals surface area contributed by atoms with Gasteiger partial charge in [-0.15, -0.1) is 0 Å². The van der Waals surface area contributed by atoms with Gasteiger partial charge in [0.2, 0.25) is 0 Å². The first-order chi connectivity index (χ1) is 6.09. The van der Waals surface area contributed by atoms with E-state index in [1.807, 2.05) is 0 Å². The molecule has 0 aromatic heterocycles. The highest BCUT2D eigenvalue weighted by molar-refractivity contribution is 7.80. The third-order valence-corrected chi connectivity index (χ3v) is 2.77. The number of thiocarbonyl (C=S) groups is 1. The molecule has 3 heteroatoms.